The number of hydrogen-bond donors (Lipinski definition) is 1. The highest BCUT2D eigenvalue weighted by Gasteiger charge is 2.23. The predicted octanol–water partition coefficient (Wildman–Crippen LogP) is 5.51. The van der Waals surface area contributed by atoms with Gasteiger partial charge in [0, 0.05) is 16.1 Å². The van der Waals surface area contributed by atoms with E-state index in [-0.39, 0.29) is 18.0 Å². The number of rotatable bonds is 5. The molecule has 0 atom stereocenters. The van der Waals surface area contributed by atoms with Crippen molar-refractivity contribution in [3.8, 4) is 11.4 Å². The smallest absolute Gasteiger partial charge is 0.263 e. The maximum absolute atomic E-state index is 13.8. The lowest BCUT2D eigenvalue weighted by Crippen LogP contribution is -2.30. The average molecular weight is 458 g/mol. The van der Waals surface area contributed by atoms with Gasteiger partial charge >= 0.3 is 0 Å². The summed E-state index contributed by atoms with van der Waals surface area (Å²) in [6.07, 6.45) is 5.10. The molecule has 1 aliphatic rings. The number of fused-ring (bicyclic) bond motifs is 3. The van der Waals surface area contributed by atoms with Gasteiger partial charge in [0.25, 0.3) is 5.56 Å². The Labute approximate surface area is 197 Å². The largest absolute Gasteiger partial charge is 0.325 e. The molecule has 1 aliphatic carbocycles. The zero-order valence-electron chi connectivity index (χ0n) is 19.0. The predicted molar refractivity (Wildman–Crippen MR) is 135 cm³/mol. The van der Waals surface area contributed by atoms with Crippen molar-refractivity contribution in [2.75, 3.05) is 5.32 Å². The van der Waals surface area contributed by atoms with E-state index in [0.717, 1.165) is 59.3 Å². The van der Waals surface area contributed by atoms with Crippen LogP contribution >= 0.6 is 11.3 Å². The lowest BCUT2D eigenvalue weighted by molar-refractivity contribution is -0.116. The van der Waals surface area contributed by atoms with Crippen LogP contribution in [0.25, 0.3) is 21.6 Å². The Hall–Kier alpha value is -3.25. The van der Waals surface area contributed by atoms with Gasteiger partial charge in [0.15, 0.2) is 0 Å². The van der Waals surface area contributed by atoms with Crippen LogP contribution in [0.1, 0.15) is 41.3 Å². The molecular formula is C27H27N3O2S. The normalized spacial score (nSPS) is 13.2. The van der Waals surface area contributed by atoms with Crippen LogP contribution in [0, 0.1) is 6.92 Å². The molecule has 33 heavy (non-hydrogen) atoms. The van der Waals surface area contributed by atoms with Crippen molar-refractivity contribution >= 4 is 33.1 Å². The molecule has 0 unspecified atom stereocenters. The minimum Gasteiger partial charge on any atom is -0.325 e. The summed E-state index contributed by atoms with van der Waals surface area (Å²) < 4.78 is 1.55. The number of nitrogens with zero attached hydrogens (tertiary/aromatic N) is 2. The molecule has 168 valence electrons. The van der Waals surface area contributed by atoms with E-state index in [1.54, 1.807) is 15.9 Å². The number of benzene rings is 2. The van der Waals surface area contributed by atoms with Crippen LogP contribution in [0.4, 0.5) is 5.69 Å². The third kappa shape index (κ3) is 4.23. The Morgan fingerprint density at radius 3 is 2.67 bits per heavy atom. The molecule has 0 aliphatic heterocycles. The van der Waals surface area contributed by atoms with Crippen LogP contribution in [0.3, 0.4) is 0 Å². The third-order valence-corrected chi connectivity index (χ3v) is 7.48. The molecule has 0 saturated carbocycles. The van der Waals surface area contributed by atoms with Crippen molar-refractivity contribution in [2.45, 2.75) is 52.5 Å². The van der Waals surface area contributed by atoms with E-state index in [4.69, 9.17) is 4.98 Å². The van der Waals surface area contributed by atoms with E-state index in [2.05, 4.69) is 12.2 Å². The lowest BCUT2D eigenvalue weighted by Gasteiger charge is -2.14. The molecule has 0 fully saturated rings. The number of aromatic nitrogens is 2. The second-order valence-electron chi connectivity index (χ2n) is 8.69. The van der Waals surface area contributed by atoms with Gasteiger partial charge in [-0.15, -0.1) is 11.3 Å². The first-order valence-corrected chi connectivity index (χ1v) is 12.4. The summed E-state index contributed by atoms with van der Waals surface area (Å²) in [5, 5.41) is 3.64. The molecule has 0 bridgehead atoms. The van der Waals surface area contributed by atoms with E-state index >= 15 is 0 Å². The van der Waals surface area contributed by atoms with Gasteiger partial charge in [-0.1, -0.05) is 42.8 Å². The maximum Gasteiger partial charge on any atom is 0.263 e. The second-order valence-corrected chi connectivity index (χ2v) is 9.77. The van der Waals surface area contributed by atoms with Crippen LogP contribution in [0.2, 0.25) is 0 Å². The van der Waals surface area contributed by atoms with Gasteiger partial charge in [0.1, 0.15) is 17.2 Å². The standard InChI is InChI=1S/C27H27N3O2S/c1-3-18-11-13-20(14-12-18)28-23(31)16-30-25(19-8-6-7-17(2)15-19)29-26-24(27(30)32)21-9-4-5-10-22(21)33-26/h6-8,11-15H,3-5,9-10,16H2,1-2H3,(H,28,31). The molecule has 4 aromatic rings. The highest BCUT2D eigenvalue weighted by Crippen LogP contribution is 2.35. The molecule has 2 aromatic heterocycles. The van der Waals surface area contributed by atoms with Gasteiger partial charge < -0.3 is 5.32 Å². The molecule has 1 amide bonds. The molecule has 2 aromatic carbocycles. The van der Waals surface area contributed by atoms with E-state index in [1.165, 1.54) is 10.4 Å². The van der Waals surface area contributed by atoms with Gasteiger partial charge in [-0.25, -0.2) is 4.98 Å². The fraction of sp³-hybridized carbons (Fsp3) is 0.296. The molecule has 5 rings (SSSR count). The highest BCUT2D eigenvalue weighted by molar-refractivity contribution is 7.18. The Bertz CT molecular complexity index is 1400. The monoisotopic (exact) mass is 457 g/mol. The van der Waals surface area contributed by atoms with Gasteiger partial charge in [0.05, 0.1) is 5.39 Å². The van der Waals surface area contributed by atoms with Crippen LogP contribution in [-0.4, -0.2) is 15.5 Å². The summed E-state index contributed by atoms with van der Waals surface area (Å²) in [5.74, 6) is 0.312. The SMILES string of the molecule is CCc1ccc(NC(=O)Cn2c(-c3cccc(C)c3)nc3sc4c(c3c2=O)CCCC4)cc1. The minimum absolute atomic E-state index is 0.0782. The van der Waals surface area contributed by atoms with Crippen LogP contribution in [-0.2, 0) is 30.6 Å². The fourth-order valence-corrected chi connectivity index (χ4v) is 5.81. The Morgan fingerprint density at radius 1 is 1.12 bits per heavy atom. The van der Waals surface area contributed by atoms with Gasteiger partial charge in [-0.2, -0.15) is 0 Å². The Morgan fingerprint density at radius 2 is 1.91 bits per heavy atom. The molecular weight excluding hydrogens is 430 g/mol. The van der Waals surface area contributed by atoms with Gasteiger partial charge in [0.2, 0.25) is 5.91 Å². The first-order valence-electron chi connectivity index (χ1n) is 11.5. The molecule has 0 radical (unpaired) electrons. The number of hydrogen-bond acceptors (Lipinski definition) is 4. The molecule has 6 heteroatoms. The van der Waals surface area contributed by atoms with Crippen molar-refractivity contribution in [3.63, 3.8) is 0 Å². The van der Waals surface area contributed by atoms with Crippen molar-refractivity contribution < 1.29 is 4.79 Å². The third-order valence-electron chi connectivity index (χ3n) is 6.30. The summed E-state index contributed by atoms with van der Waals surface area (Å²) >= 11 is 1.64. The Balaban J connectivity index is 1.59. The topological polar surface area (TPSA) is 64.0 Å². The molecule has 0 spiro atoms. The number of carbonyl (C=O) groups is 1. The number of aryl methyl sites for hydroxylation is 4. The molecule has 0 saturated heterocycles. The maximum atomic E-state index is 13.8. The second kappa shape index (κ2) is 8.94. The number of nitrogens with one attached hydrogen (secondary N) is 1. The summed E-state index contributed by atoms with van der Waals surface area (Å²) in [7, 11) is 0. The zero-order valence-corrected chi connectivity index (χ0v) is 19.8. The molecule has 1 N–H and O–H groups in total. The van der Waals surface area contributed by atoms with E-state index in [0.29, 0.717) is 11.2 Å². The summed E-state index contributed by atoms with van der Waals surface area (Å²) in [6, 6.07) is 15.7. The number of amides is 1. The van der Waals surface area contributed by atoms with Crippen molar-refractivity contribution in [2.24, 2.45) is 0 Å². The van der Waals surface area contributed by atoms with E-state index in [9.17, 15) is 9.59 Å². The highest BCUT2D eigenvalue weighted by atomic mass is 32.1. The zero-order chi connectivity index (χ0) is 22.9. The van der Waals surface area contributed by atoms with Crippen LogP contribution in [0.5, 0.6) is 0 Å². The first kappa shape index (κ1) is 21.6. The van der Waals surface area contributed by atoms with E-state index < -0.39 is 0 Å². The quantitative estimate of drug-likeness (QED) is 0.430. The summed E-state index contributed by atoms with van der Waals surface area (Å²) in [5.41, 5.74) is 4.89. The number of thiophene rings is 1. The molecule has 2 heterocycles. The molecule has 5 nitrogen and oxygen atoms in total. The fourth-order valence-electron chi connectivity index (χ4n) is 4.56. The Kier molecular flexibility index (Phi) is 5.85. The first-order chi connectivity index (χ1) is 16.0. The van der Waals surface area contributed by atoms with Crippen LogP contribution < -0.4 is 10.9 Å². The summed E-state index contributed by atoms with van der Waals surface area (Å²) in [4.78, 5) is 33.8. The number of anilines is 1. The van der Waals surface area contributed by atoms with Crippen molar-refractivity contribution in [3.05, 3.63) is 80.5 Å². The van der Waals surface area contributed by atoms with Gasteiger partial charge in [-0.3, -0.25) is 14.2 Å². The van der Waals surface area contributed by atoms with Crippen molar-refractivity contribution in [1.82, 2.24) is 9.55 Å². The van der Waals surface area contributed by atoms with Crippen LogP contribution in [0.15, 0.2) is 53.3 Å². The van der Waals surface area contributed by atoms with E-state index in [1.807, 2.05) is 55.5 Å². The summed E-state index contributed by atoms with van der Waals surface area (Å²) in [6.45, 7) is 4.03. The minimum atomic E-state index is -0.236. The average Bonchev–Trinajstić information content (AvgIpc) is 3.20. The number of carbonyl (C=O) groups excluding carboxylic acids is 1. The van der Waals surface area contributed by atoms with Gasteiger partial charge in [-0.05, 0) is 68.4 Å². The lowest BCUT2D eigenvalue weighted by atomic mass is 9.97. The van der Waals surface area contributed by atoms with Crippen molar-refractivity contribution in [1.29, 1.82) is 0 Å².